The van der Waals surface area contributed by atoms with Crippen LogP contribution in [-0.4, -0.2) is 21.6 Å². The molecular weight excluding hydrogens is 228 g/mol. The van der Waals surface area contributed by atoms with Crippen LogP contribution in [0.1, 0.15) is 11.1 Å². The first-order chi connectivity index (χ1) is 7.36. The van der Waals surface area contributed by atoms with Crippen LogP contribution in [0.2, 0.25) is 0 Å². The summed E-state index contributed by atoms with van der Waals surface area (Å²) in [6.07, 6.45) is 0. The average molecular weight is 244 g/mol. The Bertz CT molecular complexity index is 483. The molecule has 16 heavy (non-hydrogen) atoms. The van der Waals surface area contributed by atoms with E-state index in [9.17, 15) is 8.42 Å². The van der Waals surface area contributed by atoms with E-state index >= 15 is 0 Å². The molecule has 1 aromatic carbocycles. The Morgan fingerprint density at radius 2 is 1.88 bits per heavy atom. The molecule has 1 aromatic rings. The van der Waals surface area contributed by atoms with Crippen LogP contribution >= 0.6 is 0 Å². The van der Waals surface area contributed by atoms with Gasteiger partial charge in [0.2, 0.25) is 10.0 Å². The Hall–Kier alpha value is -1.11. The van der Waals surface area contributed by atoms with Gasteiger partial charge in [-0.05, 0) is 37.1 Å². The van der Waals surface area contributed by atoms with Crippen molar-refractivity contribution < 1.29 is 13.2 Å². The highest BCUT2D eigenvalue weighted by molar-refractivity contribution is 7.89. The Morgan fingerprint density at radius 3 is 2.38 bits per heavy atom. The third-order valence-electron chi connectivity index (χ3n) is 2.15. The Kier molecular flexibility index (Phi) is 3.90. The molecule has 0 aliphatic heterocycles. The zero-order valence-electron chi connectivity index (χ0n) is 9.36. The smallest absolute Gasteiger partial charge is 0.238 e. The third kappa shape index (κ3) is 2.94. The summed E-state index contributed by atoms with van der Waals surface area (Å²) in [5.41, 5.74) is 6.62. The van der Waals surface area contributed by atoms with Gasteiger partial charge in [-0.3, -0.25) is 0 Å². The molecule has 0 saturated carbocycles. The van der Waals surface area contributed by atoms with E-state index in [0.29, 0.717) is 24.5 Å². The normalized spacial score (nSPS) is 11.5. The van der Waals surface area contributed by atoms with Gasteiger partial charge in [0.15, 0.2) is 0 Å². The highest BCUT2D eigenvalue weighted by atomic mass is 32.2. The number of primary sulfonamides is 1. The minimum absolute atomic E-state index is 0.130. The van der Waals surface area contributed by atoms with Crippen molar-refractivity contribution in [3.8, 4) is 5.75 Å². The lowest BCUT2D eigenvalue weighted by Gasteiger charge is -2.11. The van der Waals surface area contributed by atoms with Crippen molar-refractivity contribution in [2.75, 3.05) is 13.2 Å². The maximum absolute atomic E-state index is 11.2. The SMILES string of the molecule is Cc1cc(S(N)(=O)=O)c(C)cc1OCCN. The van der Waals surface area contributed by atoms with Gasteiger partial charge in [0.1, 0.15) is 12.4 Å². The summed E-state index contributed by atoms with van der Waals surface area (Å²) in [7, 11) is -3.67. The summed E-state index contributed by atoms with van der Waals surface area (Å²) < 4.78 is 27.9. The van der Waals surface area contributed by atoms with E-state index in [-0.39, 0.29) is 4.90 Å². The monoisotopic (exact) mass is 244 g/mol. The quantitative estimate of drug-likeness (QED) is 0.795. The fourth-order valence-electron chi connectivity index (χ4n) is 1.39. The van der Waals surface area contributed by atoms with Crippen molar-refractivity contribution in [2.45, 2.75) is 18.7 Å². The molecule has 0 aliphatic rings. The minimum Gasteiger partial charge on any atom is -0.492 e. The van der Waals surface area contributed by atoms with Crippen molar-refractivity contribution in [1.29, 1.82) is 0 Å². The second-order valence-electron chi connectivity index (χ2n) is 3.57. The summed E-state index contributed by atoms with van der Waals surface area (Å²) in [4.78, 5) is 0.130. The van der Waals surface area contributed by atoms with Crippen LogP contribution in [0.15, 0.2) is 17.0 Å². The number of nitrogens with two attached hydrogens (primary N) is 2. The molecule has 4 N–H and O–H groups in total. The number of sulfonamides is 1. The van der Waals surface area contributed by atoms with E-state index in [1.54, 1.807) is 19.9 Å². The molecule has 0 spiro atoms. The van der Waals surface area contributed by atoms with Crippen LogP contribution in [-0.2, 0) is 10.0 Å². The number of ether oxygens (including phenoxy) is 1. The fourth-order valence-corrected chi connectivity index (χ4v) is 2.24. The van der Waals surface area contributed by atoms with E-state index in [1.165, 1.54) is 6.07 Å². The van der Waals surface area contributed by atoms with Crippen LogP contribution in [0.5, 0.6) is 5.75 Å². The molecule has 0 atom stereocenters. The van der Waals surface area contributed by atoms with Crippen molar-refractivity contribution in [1.82, 2.24) is 0 Å². The van der Waals surface area contributed by atoms with E-state index in [4.69, 9.17) is 15.6 Å². The topological polar surface area (TPSA) is 95.4 Å². The molecule has 0 aromatic heterocycles. The zero-order valence-corrected chi connectivity index (χ0v) is 10.2. The fraction of sp³-hybridized carbons (Fsp3) is 0.400. The van der Waals surface area contributed by atoms with Crippen LogP contribution in [0, 0.1) is 13.8 Å². The number of aryl methyl sites for hydroxylation is 2. The van der Waals surface area contributed by atoms with Gasteiger partial charge in [0.25, 0.3) is 0 Å². The first-order valence-corrected chi connectivity index (χ1v) is 6.38. The number of rotatable bonds is 4. The Labute approximate surface area is 95.4 Å². The molecule has 0 amide bonds. The van der Waals surface area contributed by atoms with Gasteiger partial charge in [0, 0.05) is 6.54 Å². The molecule has 0 unspecified atom stereocenters. The highest BCUT2D eigenvalue weighted by Gasteiger charge is 2.14. The van der Waals surface area contributed by atoms with Gasteiger partial charge >= 0.3 is 0 Å². The molecule has 0 radical (unpaired) electrons. The molecular formula is C10H16N2O3S. The lowest BCUT2D eigenvalue weighted by Crippen LogP contribution is -2.15. The molecule has 0 bridgehead atoms. The second kappa shape index (κ2) is 4.82. The first-order valence-electron chi connectivity index (χ1n) is 4.83. The standard InChI is InChI=1S/C10H16N2O3S/c1-7-6-10(16(12,13)14)8(2)5-9(7)15-4-3-11/h5-6H,3-4,11H2,1-2H3,(H2,12,13,14). The summed E-state index contributed by atoms with van der Waals surface area (Å²) >= 11 is 0. The second-order valence-corrected chi connectivity index (χ2v) is 5.10. The first kappa shape index (κ1) is 13.0. The minimum atomic E-state index is -3.67. The number of hydrogen-bond donors (Lipinski definition) is 2. The van der Waals surface area contributed by atoms with Gasteiger partial charge in [-0.25, -0.2) is 13.6 Å². The van der Waals surface area contributed by atoms with Crippen LogP contribution in [0.3, 0.4) is 0 Å². The van der Waals surface area contributed by atoms with E-state index in [0.717, 1.165) is 5.56 Å². The summed E-state index contributed by atoms with van der Waals surface area (Å²) in [5.74, 6) is 0.635. The summed E-state index contributed by atoms with van der Waals surface area (Å²) in [6, 6.07) is 3.17. The van der Waals surface area contributed by atoms with E-state index in [1.807, 2.05) is 0 Å². The predicted molar refractivity (Wildman–Crippen MR) is 61.8 cm³/mol. The van der Waals surface area contributed by atoms with E-state index in [2.05, 4.69) is 0 Å². The summed E-state index contributed by atoms with van der Waals surface area (Å²) in [6.45, 7) is 4.25. The Balaban J connectivity index is 3.17. The lowest BCUT2D eigenvalue weighted by molar-refractivity contribution is 0.325. The third-order valence-corrected chi connectivity index (χ3v) is 3.21. The molecule has 5 nitrogen and oxygen atoms in total. The highest BCUT2D eigenvalue weighted by Crippen LogP contribution is 2.24. The maximum atomic E-state index is 11.2. The molecule has 6 heteroatoms. The average Bonchev–Trinajstić information content (AvgIpc) is 2.17. The number of benzene rings is 1. The van der Waals surface area contributed by atoms with Crippen molar-refractivity contribution in [2.24, 2.45) is 10.9 Å². The van der Waals surface area contributed by atoms with Crippen LogP contribution in [0.4, 0.5) is 0 Å². The van der Waals surface area contributed by atoms with Gasteiger partial charge in [0.05, 0.1) is 4.90 Å². The van der Waals surface area contributed by atoms with Crippen molar-refractivity contribution in [3.05, 3.63) is 23.3 Å². The van der Waals surface area contributed by atoms with Gasteiger partial charge < -0.3 is 10.5 Å². The zero-order chi connectivity index (χ0) is 12.3. The molecule has 1 rings (SSSR count). The van der Waals surface area contributed by atoms with Gasteiger partial charge in [-0.1, -0.05) is 0 Å². The van der Waals surface area contributed by atoms with Crippen molar-refractivity contribution in [3.63, 3.8) is 0 Å². The molecule has 0 fully saturated rings. The molecule has 90 valence electrons. The predicted octanol–water partition coefficient (Wildman–Crippen LogP) is 0.288. The number of hydrogen-bond acceptors (Lipinski definition) is 4. The molecule has 0 heterocycles. The van der Waals surface area contributed by atoms with Crippen LogP contribution < -0.4 is 15.6 Å². The largest absolute Gasteiger partial charge is 0.492 e. The van der Waals surface area contributed by atoms with Crippen molar-refractivity contribution >= 4 is 10.0 Å². The van der Waals surface area contributed by atoms with E-state index < -0.39 is 10.0 Å². The van der Waals surface area contributed by atoms with Gasteiger partial charge in [-0.2, -0.15) is 0 Å². The van der Waals surface area contributed by atoms with Gasteiger partial charge in [-0.15, -0.1) is 0 Å². The lowest BCUT2D eigenvalue weighted by atomic mass is 10.1. The summed E-state index contributed by atoms with van der Waals surface area (Å²) in [5, 5.41) is 5.09. The Morgan fingerprint density at radius 1 is 1.25 bits per heavy atom. The van der Waals surface area contributed by atoms with Crippen LogP contribution in [0.25, 0.3) is 0 Å². The molecule has 0 saturated heterocycles. The molecule has 0 aliphatic carbocycles. The maximum Gasteiger partial charge on any atom is 0.238 e.